The highest BCUT2D eigenvalue weighted by Gasteiger charge is 2.51. The zero-order valence-corrected chi connectivity index (χ0v) is 26.4. The van der Waals surface area contributed by atoms with Gasteiger partial charge in [0, 0.05) is 17.0 Å². The number of alkyl carbamates (subject to hydrolysis) is 1. The molecule has 3 aromatic rings. The number of nitrogens with zero attached hydrogens (tertiary/aromatic N) is 3. The van der Waals surface area contributed by atoms with Crippen LogP contribution in [0.15, 0.2) is 96.1 Å². The van der Waals surface area contributed by atoms with E-state index < -0.39 is 43.0 Å². The molecule has 12 heteroatoms. The molecule has 3 aromatic carbocycles. The predicted octanol–water partition coefficient (Wildman–Crippen LogP) is 6.55. The summed E-state index contributed by atoms with van der Waals surface area (Å²) >= 11 is 1.78. The van der Waals surface area contributed by atoms with E-state index in [2.05, 4.69) is 15.3 Å². The van der Waals surface area contributed by atoms with Crippen molar-refractivity contribution in [3.05, 3.63) is 118 Å². The smallest absolute Gasteiger partial charge is 0.407 e. The topological polar surface area (TPSA) is 133 Å². The van der Waals surface area contributed by atoms with Gasteiger partial charge >= 0.3 is 6.09 Å². The van der Waals surface area contributed by atoms with Gasteiger partial charge in [0.1, 0.15) is 31.0 Å². The first kappa shape index (κ1) is 33.7. The Labute approximate surface area is 273 Å². The number of nitrogens with one attached hydrogen (secondary N) is 1. The maximum Gasteiger partial charge on any atom is 0.407 e. The van der Waals surface area contributed by atoms with E-state index in [0.717, 1.165) is 41.0 Å². The molecule has 11 nitrogen and oxygen atoms in total. The van der Waals surface area contributed by atoms with Crippen molar-refractivity contribution in [1.82, 2.24) is 5.32 Å². The Balaban J connectivity index is 1.07. The van der Waals surface area contributed by atoms with Gasteiger partial charge in [-0.3, -0.25) is 0 Å². The number of ether oxygens (including phenoxy) is 6. The summed E-state index contributed by atoms with van der Waals surface area (Å²) in [4.78, 5) is 15.0. The van der Waals surface area contributed by atoms with Crippen LogP contribution in [0.2, 0.25) is 0 Å². The number of amides is 1. The van der Waals surface area contributed by atoms with Crippen LogP contribution in [0.4, 0.5) is 4.79 Å². The molecule has 5 rings (SSSR count). The number of carbonyl (C=O) groups is 1. The number of rotatable bonds is 16. The lowest BCUT2D eigenvalue weighted by Gasteiger charge is -2.48. The van der Waals surface area contributed by atoms with Gasteiger partial charge in [0.05, 0.1) is 19.8 Å². The molecule has 0 unspecified atom stereocenters. The summed E-state index contributed by atoms with van der Waals surface area (Å²) in [5, 5.41) is 6.86. The van der Waals surface area contributed by atoms with Crippen molar-refractivity contribution in [3.63, 3.8) is 0 Å². The summed E-state index contributed by atoms with van der Waals surface area (Å²) < 4.78 is 36.5. The Morgan fingerprint density at radius 2 is 1.57 bits per heavy atom. The maximum atomic E-state index is 11.9. The second kappa shape index (κ2) is 18.5. The standard InChI is InChI=1S/C34H40N4O7S/c35-38-37-29-31(41-22-25-12-4-1-5-13-25)30-28(24-42-32(45-30)27-16-8-3-9-17-27)44-33(29)40-19-11-21-46-20-10-18-36-34(39)43-23-26-14-6-2-7-15-26/h1-9,12-17,28-33H,10-11,18-24H2,(H,36,39)/t28-,29-,30-,31-,32-,33+/m1/s1. The Hall–Kier alpha value is -3.61. The molecule has 2 heterocycles. The van der Waals surface area contributed by atoms with E-state index >= 15 is 0 Å². The number of thioether (sulfide) groups is 1. The Bertz CT molecular complexity index is 1370. The second-order valence-electron chi connectivity index (χ2n) is 10.9. The van der Waals surface area contributed by atoms with Crippen molar-refractivity contribution >= 4 is 17.9 Å². The van der Waals surface area contributed by atoms with Gasteiger partial charge in [0.2, 0.25) is 0 Å². The van der Waals surface area contributed by atoms with E-state index in [9.17, 15) is 10.3 Å². The highest BCUT2D eigenvalue weighted by molar-refractivity contribution is 7.99. The zero-order chi connectivity index (χ0) is 31.8. The molecule has 1 N–H and O–H groups in total. The van der Waals surface area contributed by atoms with Crippen molar-refractivity contribution in [1.29, 1.82) is 0 Å². The van der Waals surface area contributed by atoms with Gasteiger partial charge in [-0.05, 0) is 41.0 Å². The minimum atomic E-state index is -0.811. The molecule has 1 amide bonds. The van der Waals surface area contributed by atoms with Gasteiger partial charge < -0.3 is 33.7 Å². The van der Waals surface area contributed by atoms with Crippen LogP contribution < -0.4 is 5.32 Å². The van der Waals surface area contributed by atoms with Crippen LogP contribution in [0.5, 0.6) is 0 Å². The Morgan fingerprint density at radius 3 is 2.28 bits per heavy atom. The summed E-state index contributed by atoms with van der Waals surface area (Å²) in [5.74, 6) is 1.75. The first-order valence-corrected chi connectivity index (χ1v) is 16.7. The number of benzene rings is 3. The van der Waals surface area contributed by atoms with Crippen molar-refractivity contribution in [2.24, 2.45) is 5.11 Å². The van der Waals surface area contributed by atoms with Crippen LogP contribution in [0, 0.1) is 0 Å². The monoisotopic (exact) mass is 648 g/mol. The molecule has 2 fully saturated rings. The third kappa shape index (κ3) is 10.2. The quantitative estimate of drug-likeness (QED) is 0.0801. The first-order valence-electron chi connectivity index (χ1n) is 15.5. The van der Waals surface area contributed by atoms with Gasteiger partial charge in [0.15, 0.2) is 12.6 Å². The van der Waals surface area contributed by atoms with Gasteiger partial charge in [-0.15, -0.1) is 0 Å². The second-order valence-corrected chi connectivity index (χ2v) is 12.1. The van der Waals surface area contributed by atoms with Crippen LogP contribution in [-0.4, -0.2) is 68.0 Å². The molecule has 0 spiro atoms. The van der Waals surface area contributed by atoms with Gasteiger partial charge in [0.25, 0.3) is 0 Å². The van der Waals surface area contributed by atoms with E-state index in [1.807, 2.05) is 91.0 Å². The van der Waals surface area contributed by atoms with Crippen molar-refractivity contribution in [2.75, 3.05) is 31.3 Å². The average Bonchev–Trinajstić information content (AvgIpc) is 3.10. The highest BCUT2D eigenvalue weighted by Crippen LogP contribution is 2.37. The molecular weight excluding hydrogens is 608 g/mol. The fourth-order valence-electron chi connectivity index (χ4n) is 5.22. The van der Waals surface area contributed by atoms with Gasteiger partial charge in [-0.1, -0.05) is 96.1 Å². The van der Waals surface area contributed by atoms with Gasteiger partial charge in [-0.25, -0.2) is 4.79 Å². The lowest BCUT2D eigenvalue weighted by Crippen LogP contribution is -2.62. The number of carbonyl (C=O) groups excluding carboxylic acids is 1. The summed E-state index contributed by atoms with van der Waals surface area (Å²) in [6.07, 6.45) is -1.83. The number of fused-ring (bicyclic) bond motifs is 1. The third-order valence-corrected chi connectivity index (χ3v) is 8.67. The fourth-order valence-corrected chi connectivity index (χ4v) is 6.09. The van der Waals surface area contributed by atoms with Crippen LogP contribution in [0.1, 0.15) is 35.8 Å². The maximum absolute atomic E-state index is 11.9. The fraction of sp³-hybridized carbons (Fsp3) is 0.441. The number of hydrogen-bond donors (Lipinski definition) is 1. The molecule has 2 aliphatic rings. The molecule has 0 aromatic heterocycles. The summed E-state index contributed by atoms with van der Waals surface area (Å²) in [6.45, 7) is 1.80. The van der Waals surface area contributed by atoms with E-state index in [1.165, 1.54) is 0 Å². The van der Waals surface area contributed by atoms with Crippen LogP contribution in [0.3, 0.4) is 0 Å². The van der Waals surface area contributed by atoms with Crippen LogP contribution in [0.25, 0.3) is 10.4 Å². The number of hydrogen-bond acceptors (Lipinski definition) is 9. The summed E-state index contributed by atoms with van der Waals surface area (Å²) in [6, 6.07) is 28.3. The SMILES string of the molecule is [N-]=[N+]=N[C@H]1[C@@H](OCCCSCCCNC(=O)OCc2ccccc2)O[C@@H]2CO[C@@H](c3ccccc3)O[C@H]2[C@@H]1OCc1ccccc1. The Kier molecular flexibility index (Phi) is 13.6. The molecule has 2 saturated heterocycles. The van der Waals surface area contributed by atoms with Crippen LogP contribution >= 0.6 is 11.8 Å². The molecule has 0 bridgehead atoms. The number of azide groups is 1. The van der Waals surface area contributed by atoms with E-state index in [-0.39, 0.29) is 13.2 Å². The first-order chi connectivity index (χ1) is 22.7. The molecular formula is C34H40N4O7S. The predicted molar refractivity (Wildman–Crippen MR) is 174 cm³/mol. The molecule has 0 aliphatic carbocycles. The molecule has 0 saturated carbocycles. The van der Waals surface area contributed by atoms with Crippen molar-refractivity contribution in [3.8, 4) is 0 Å². The third-order valence-electron chi connectivity index (χ3n) is 7.51. The highest BCUT2D eigenvalue weighted by atomic mass is 32.2. The minimum Gasteiger partial charge on any atom is -0.445 e. The average molecular weight is 649 g/mol. The van der Waals surface area contributed by atoms with Gasteiger partial charge in [-0.2, -0.15) is 11.8 Å². The lowest BCUT2D eigenvalue weighted by molar-refractivity contribution is -0.347. The normalized spacial score (nSPS) is 23.9. The van der Waals surface area contributed by atoms with Crippen molar-refractivity contribution < 1.29 is 33.2 Å². The lowest BCUT2D eigenvalue weighted by atomic mass is 9.96. The Morgan fingerprint density at radius 1 is 0.891 bits per heavy atom. The van der Waals surface area contributed by atoms with Crippen molar-refractivity contribution in [2.45, 2.75) is 63.0 Å². The molecule has 244 valence electrons. The zero-order valence-electron chi connectivity index (χ0n) is 25.6. The summed E-state index contributed by atoms with van der Waals surface area (Å²) in [7, 11) is 0. The molecule has 6 atom stereocenters. The molecule has 2 aliphatic heterocycles. The van der Waals surface area contributed by atoms with E-state index in [4.69, 9.17) is 28.4 Å². The largest absolute Gasteiger partial charge is 0.445 e. The van der Waals surface area contributed by atoms with E-state index in [1.54, 1.807) is 11.8 Å². The summed E-state index contributed by atoms with van der Waals surface area (Å²) in [5.41, 5.74) is 12.3. The molecule has 46 heavy (non-hydrogen) atoms. The van der Waals surface area contributed by atoms with Crippen LogP contribution in [-0.2, 0) is 41.6 Å². The molecule has 0 radical (unpaired) electrons. The minimum absolute atomic E-state index is 0.252. The van der Waals surface area contributed by atoms with E-state index in [0.29, 0.717) is 19.8 Å².